The van der Waals surface area contributed by atoms with Gasteiger partial charge in [0, 0.05) is 24.2 Å². The first-order chi connectivity index (χ1) is 12.8. The Bertz CT molecular complexity index is 921. The van der Waals surface area contributed by atoms with E-state index in [1.54, 1.807) is 4.90 Å². The second-order valence-electron chi connectivity index (χ2n) is 6.49. The van der Waals surface area contributed by atoms with Gasteiger partial charge in [-0.1, -0.05) is 65.9 Å². The van der Waals surface area contributed by atoms with E-state index in [1.807, 2.05) is 71.5 Å². The molecular weight excluding hydrogens is 330 g/mol. The van der Waals surface area contributed by atoms with E-state index in [0.717, 1.165) is 16.8 Å². The van der Waals surface area contributed by atoms with Gasteiger partial charge in [0.15, 0.2) is 0 Å². The van der Waals surface area contributed by atoms with Crippen LogP contribution in [-0.4, -0.2) is 44.1 Å². The number of rotatable bonds is 3. The summed E-state index contributed by atoms with van der Waals surface area (Å²) >= 11 is 0. The summed E-state index contributed by atoms with van der Waals surface area (Å²) in [5, 5.41) is 9.87. The zero-order chi connectivity index (χ0) is 17.5. The average molecular weight is 347 g/mol. The molecule has 26 heavy (non-hydrogen) atoms. The van der Waals surface area contributed by atoms with Crippen molar-refractivity contribution in [2.24, 2.45) is 0 Å². The van der Waals surface area contributed by atoms with Crippen molar-refractivity contribution in [3.63, 3.8) is 0 Å². The van der Waals surface area contributed by atoms with E-state index in [2.05, 4.69) is 10.3 Å². The lowest BCUT2D eigenvalue weighted by atomic mass is 10.1. The fourth-order valence-electron chi connectivity index (χ4n) is 3.15. The van der Waals surface area contributed by atoms with Crippen LogP contribution in [0, 0.1) is 0 Å². The molecule has 3 heterocycles. The lowest BCUT2D eigenvalue weighted by molar-refractivity contribution is 0.0820. The van der Waals surface area contributed by atoms with Crippen molar-refractivity contribution in [3.05, 3.63) is 72.4 Å². The summed E-state index contributed by atoms with van der Waals surface area (Å²) in [4.78, 5) is 19.6. The van der Waals surface area contributed by atoms with E-state index >= 15 is 0 Å². The van der Waals surface area contributed by atoms with Crippen molar-refractivity contribution in [2.75, 3.05) is 13.1 Å². The molecule has 2 amide bonds. The number of urea groups is 1. The van der Waals surface area contributed by atoms with Gasteiger partial charge in [-0.2, -0.15) is 5.06 Å². The predicted molar refractivity (Wildman–Crippen MR) is 93.6 cm³/mol. The Morgan fingerprint density at radius 2 is 1.69 bits per heavy atom. The maximum absolute atomic E-state index is 12.5. The first kappa shape index (κ1) is 15.1. The largest absolute Gasteiger partial charge is 0.347 e. The summed E-state index contributed by atoms with van der Waals surface area (Å²) < 4.78 is 1.84. The van der Waals surface area contributed by atoms with Crippen LogP contribution >= 0.6 is 0 Å². The highest BCUT2D eigenvalue weighted by molar-refractivity contribution is 5.76. The zero-order valence-electron chi connectivity index (χ0n) is 14.0. The number of carbonyl (C=O) groups excluding carboxylic acids is 1. The van der Waals surface area contributed by atoms with Gasteiger partial charge >= 0.3 is 6.03 Å². The number of nitrogens with zero attached hydrogens (tertiary/aromatic N) is 5. The van der Waals surface area contributed by atoms with Gasteiger partial charge in [0.2, 0.25) is 6.23 Å². The molecule has 1 atom stereocenters. The standard InChI is InChI=1S/C19H17N5O2/c25-19(24-18(26-24)15-9-5-2-6-10-15)22-11-16(12-22)23-13-17(20-21-23)14-7-3-1-4-8-14/h1-10,13,16,18H,11-12H2. The summed E-state index contributed by atoms with van der Waals surface area (Å²) in [6.07, 6.45) is 1.67. The molecule has 0 saturated carbocycles. The lowest BCUT2D eigenvalue weighted by Crippen LogP contribution is -2.52. The SMILES string of the molecule is O=C(N1CC(n2cc(-c3ccccc3)nn2)C1)N1OC1c1ccccc1. The monoisotopic (exact) mass is 347 g/mol. The number of aromatic nitrogens is 3. The summed E-state index contributed by atoms with van der Waals surface area (Å²) in [6, 6.07) is 19.7. The number of hydrogen-bond acceptors (Lipinski definition) is 4. The highest BCUT2D eigenvalue weighted by Gasteiger charge is 2.47. The molecule has 3 aromatic rings. The molecule has 2 fully saturated rings. The number of hydrogen-bond donors (Lipinski definition) is 0. The normalized spacial score (nSPS) is 19.3. The molecule has 5 rings (SSSR count). The van der Waals surface area contributed by atoms with Crippen molar-refractivity contribution in [3.8, 4) is 11.3 Å². The van der Waals surface area contributed by atoms with Gasteiger partial charge in [0.25, 0.3) is 0 Å². The van der Waals surface area contributed by atoms with Crippen molar-refractivity contribution in [2.45, 2.75) is 12.3 Å². The molecule has 2 saturated heterocycles. The second kappa shape index (κ2) is 5.96. The van der Waals surface area contributed by atoms with Gasteiger partial charge in [-0.25, -0.2) is 14.3 Å². The molecule has 1 unspecified atom stereocenters. The maximum atomic E-state index is 12.5. The smallest absolute Gasteiger partial charge is 0.318 e. The van der Waals surface area contributed by atoms with Crippen LogP contribution in [-0.2, 0) is 4.84 Å². The van der Waals surface area contributed by atoms with Crippen molar-refractivity contribution < 1.29 is 9.63 Å². The fourth-order valence-corrected chi connectivity index (χ4v) is 3.15. The first-order valence-electron chi connectivity index (χ1n) is 8.57. The fraction of sp³-hybridized carbons (Fsp3) is 0.211. The molecule has 0 bridgehead atoms. The van der Waals surface area contributed by atoms with Gasteiger partial charge in [-0.15, -0.1) is 5.10 Å². The zero-order valence-corrected chi connectivity index (χ0v) is 14.0. The van der Waals surface area contributed by atoms with Gasteiger partial charge in [-0.05, 0) is 0 Å². The molecular formula is C19H17N5O2. The molecule has 0 spiro atoms. The summed E-state index contributed by atoms with van der Waals surface area (Å²) in [5.74, 6) is 0. The minimum absolute atomic E-state index is 0.0986. The molecule has 2 aliphatic heterocycles. The minimum Gasteiger partial charge on any atom is -0.318 e. The maximum Gasteiger partial charge on any atom is 0.347 e. The number of carbonyl (C=O) groups is 1. The molecule has 1 aromatic heterocycles. The molecule has 0 aliphatic carbocycles. The predicted octanol–water partition coefficient (Wildman–Crippen LogP) is 2.87. The molecule has 7 nitrogen and oxygen atoms in total. The Kier molecular flexibility index (Phi) is 3.46. The Morgan fingerprint density at radius 1 is 1.00 bits per heavy atom. The first-order valence-corrected chi connectivity index (χ1v) is 8.57. The second-order valence-corrected chi connectivity index (χ2v) is 6.49. The number of amides is 2. The molecule has 130 valence electrons. The van der Waals surface area contributed by atoms with Gasteiger partial charge < -0.3 is 4.90 Å². The molecule has 0 N–H and O–H groups in total. The van der Waals surface area contributed by atoms with Crippen LogP contribution in [0.15, 0.2) is 66.9 Å². The molecule has 2 aliphatic rings. The summed E-state index contributed by atoms with van der Waals surface area (Å²) in [7, 11) is 0. The highest BCUT2D eigenvalue weighted by atomic mass is 16.8. The van der Waals surface area contributed by atoms with E-state index < -0.39 is 0 Å². The van der Waals surface area contributed by atoms with Crippen LogP contribution in [0.4, 0.5) is 4.79 Å². The van der Waals surface area contributed by atoms with E-state index in [0.29, 0.717) is 13.1 Å². The average Bonchev–Trinajstić information content (AvgIpc) is 3.32. The summed E-state index contributed by atoms with van der Waals surface area (Å²) in [5.41, 5.74) is 2.87. The van der Waals surface area contributed by atoms with Crippen LogP contribution in [0.2, 0.25) is 0 Å². The van der Waals surface area contributed by atoms with Crippen LogP contribution in [0.5, 0.6) is 0 Å². The van der Waals surface area contributed by atoms with Crippen molar-refractivity contribution >= 4 is 6.03 Å². The van der Waals surface area contributed by atoms with E-state index in [9.17, 15) is 4.79 Å². The number of hydroxylamine groups is 2. The molecule has 2 aromatic carbocycles. The highest BCUT2D eigenvalue weighted by Crippen LogP contribution is 2.39. The summed E-state index contributed by atoms with van der Waals surface area (Å²) in [6.45, 7) is 1.22. The topological polar surface area (TPSA) is 66.6 Å². The molecule has 0 radical (unpaired) electrons. The van der Waals surface area contributed by atoms with Crippen LogP contribution < -0.4 is 0 Å². The number of likely N-dealkylation sites (tertiary alicyclic amines) is 1. The van der Waals surface area contributed by atoms with Crippen LogP contribution in [0.25, 0.3) is 11.3 Å². The molecule has 7 heteroatoms. The van der Waals surface area contributed by atoms with Crippen molar-refractivity contribution in [1.29, 1.82) is 0 Å². The van der Waals surface area contributed by atoms with E-state index in [-0.39, 0.29) is 18.3 Å². The quantitative estimate of drug-likeness (QED) is 0.683. The Balaban J connectivity index is 1.19. The lowest BCUT2D eigenvalue weighted by Gasteiger charge is -2.38. The van der Waals surface area contributed by atoms with Gasteiger partial charge in [0.05, 0.1) is 12.2 Å². The Hall–Kier alpha value is -3.19. The van der Waals surface area contributed by atoms with Crippen LogP contribution in [0.1, 0.15) is 17.8 Å². The van der Waals surface area contributed by atoms with Crippen molar-refractivity contribution in [1.82, 2.24) is 25.0 Å². The third-order valence-corrected chi connectivity index (χ3v) is 4.74. The Labute approximate surface area is 150 Å². The Morgan fingerprint density at radius 3 is 2.42 bits per heavy atom. The van der Waals surface area contributed by atoms with Gasteiger partial charge in [0.1, 0.15) is 5.69 Å². The van der Waals surface area contributed by atoms with Crippen LogP contribution in [0.3, 0.4) is 0 Å². The third-order valence-electron chi connectivity index (χ3n) is 4.74. The van der Waals surface area contributed by atoms with E-state index in [1.165, 1.54) is 5.06 Å². The third kappa shape index (κ3) is 2.62. The number of benzene rings is 2. The minimum atomic E-state index is -0.265. The van der Waals surface area contributed by atoms with E-state index in [4.69, 9.17) is 4.84 Å². The van der Waals surface area contributed by atoms with Gasteiger partial charge in [-0.3, -0.25) is 0 Å².